The number of hydrogen-bond donors (Lipinski definition) is 0. The van der Waals surface area contributed by atoms with Gasteiger partial charge in [0.1, 0.15) is 4.08 Å². The van der Waals surface area contributed by atoms with E-state index < -0.39 is 19.0 Å². The van der Waals surface area contributed by atoms with E-state index in [1.165, 1.54) is 0 Å². The molecule has 3 aliphatic heterocycles. The van der Waals surface area contributed by atoms with Gasteiger partial charge in [0.25, 0.3) is 0 Å². The molecule has 3 rings (SSSR count). The Morgan fingerprint density at radius 2 is 1.56 bits per heavy atom. The Labute approximate surface area is 116 Å². The van der Waals surface area contributed by atoms with Crippen molar-refractivity contribution in [2.45, 2.75) is 56.1 Å². The van der Waals surface area contributed by atoms with Gasteiger partial charge in [0.15, 0.2) is 9.86 Å². The molecule has 4 heteroatoms. The number of ketones is 1. The fourth-order valence-electron chi connectivity index (χ4n) is 3.05. The lowest BCUT2D eigenvalue weighted by molar-refractivity contribution is -0.121. The van der Waals surface area contributed by atoms with Crippen molar-refractivity contribution in [2.24, 2.45) is 10.8 Å². The van der Waals surface area contributed by atoms with Crippen molar-refractivity contribution in [3.63, 3.8) is 0 Å². The highest BCUT2D eigenvalue weighted by atomic mass is 32.3. The van der Waals surface area contributed by atoms with Gasteiger partial charge in [0, 0.05) is 6.42 Å². The molecule has 0 aromatic heterocycles. The van der Waals surface area contributed by atoms with Gasteiger partial charge >= 0.3 is 0 Å². The third-order valence-electron chi connectivity index (χ3n) is 3.99. The zero-order valence-corrected chi connectivity index (χ0v) is 13.7. The summed E-state index contributed by atoms with van der Waals surface area (Å²) in [6.45, 7) is 16.3. The van der Waals surface area contributed by atoms with Gasteiger partial charge in [-0.3, -0.25) is 9.00 Å². The highest BCUT2D eigenvalue weighted by Gasteiger charge is 2.77. The summed E-state index contributed by atoms with van der Waals surface area (Å²) in [6, 6.07) is 0. The van der Waals surface area contributed by atoms with Crippen molar-refractivity contribution in [3.8, 4) is 0 Å². The van der Waals surface area contributed by atoms with Crippen LogP contribution < -0.4 is 0 Å². The average molecular weight is 286 g/mol. The summed E-state index contributed by atoms with van der Waals surface area (Å²) in [6.07, 6.45) is 0.382. The molecule has 0 aromatic rings. The average Bonchev–Trinajstić information content (AvgIpc) is 2.10. The fourth-order valence-corrected chi connectivity index (χ4v) is 8.14. The van der Waals surface area contributed by atoms with Crippen LogP contribution in [0.1, 0.15) is 48.0 Å². The SMILES string of the molecule is C=C1CC(=O)C2(C(C)(C)C)SC1(C(C)(C)C)S2=O. The second-order valence-electron chi connectivity index (χ2n) is 7.31. The van der Waals surface area contributed by atoms with Crippen LogP contribution in [-0.4, -0.2) is 18.2 Å². The molecule has 2 nitrogen and oxygen atoms in total. The Bertz CT molecular complexity index is 427. The van der Waals surface area contributed by atoms with Crippen LogP contribution in [0.25, 0.3) is 0 Å². The van der Waals surface area contributed by atoms with Crippen LogP contribution in [0.4, 0.5) is 0 Å². The van der Waals surface area contributed by atoms with Crippen molar-refractivity contribution < 1.29 is 9.00 Å². The summed E-state index contributed by atoms with van der Waals surface area (Å²) in [5.41, 5.74) is 0.416. The molecular weight excluding hydrogens is 264 g/mol. The van der Waals surface area contributed by atoms with Crippen molar-refractivity contribution in [1.82, 2.24) is 0 Å². The number of rotatable bonds is 0. The molecule has 18 heavy (non-hydrogen) atoms. The number of carbonyl (C=O) groups is 1. The number of fused-ring (bicyclic) bond motifs is 2. The van der Waals surface area contributed by atoms with Crippen molar-refractivity contribution in [3.05, 3.63) is 12.2 Å². The molecule has 0 saturated carbocycles. The van der Waals surface area contributed by atoms with Crippen LogP contribution in [0.5, 0.6) is 0 Å². The van der Waals surface area contributed by atoms with E-state index >= 15 is 0 Å². The predicted molar refractivity (Wildman–Crippen MR) is 78.9 cm³/mol. The van der Waals surface area contributed by atoms with Gasteiger partial charge in [-0.25, -0.2) is 0 Å². The Balaban J connectivity index is 2.59. The van der Waals surface area contributed by atoms with E-state index in [1.54, 1.807) is 11.8 Å². The molecule has 0 aromatic carbocycles. The Hall–Kier alpha value is -0.0900. The summed E-state index contributed by atoms with van der Waals surface area (Å²) < 4.78 is 11.8. The van der Waals surface area contributed by atoms with Crippen molar-refractivity contribution in [1.29, 1.82) is 0 Å². The first-order valence-corrected chi connectivity index (χ1v) is 8.21. The second-order valence-corrected chi connectivity index (χ2v) is 11.0. The molecule has 3 heterocycles. The van der Waals surface area contributed by atoms with E-state index in [1.807, 2.05) is 20.8 Å². The lowest BCUT2D eigenvalue weighted by Gasteiger charge is -2.66. The third-order valence-corrected chi connectivity index (χ3v) is 10.5. The van der Waals surface area contributed by atoms with Crippen LogP contribution in [0.3, 0.4) is 0 Å². The maximum absolute atomic E-state index is 13.0. The molecule has 3 aliphatic rings. The van der Waals surface area contributed by atoms with Gasteiger partial charge in [-0.15, -0.1) is 11.8 Å². The highest BCUT2D eigenvalue weighted by Crippen LogP contribution is 2.74. The number of hydrogen-bond acceptors (Lipinski definition) is 3. The van der Waals surface area contributed by atoms with Crippen LogP contribution in [-0.2, 0) is 15.6 Å². The van der Waals surface area contributed by atoms with Crippen molar-refractivity contribution in [2.75, 3.05) is 0 Å². The van der Waals surface area contributed by atoms with E-state index in [4.69, 9.17) is 0 Å². The minimum Gasteiger partial charge on any atom is -0.297 e. The first-order valence-electron chi connectivity index (χ1n) is 6.25. The summed E-state index contributed by atoms with van der Waals surface area (Å²) in [7, 11) is -1.19. The lowest BCUT2D eigenvalue weighted by atomic mass is 9.80. The van der Waals surface area contributed by atoms with Crippen LogP contribution >= 0.6 is 11.8 Å². The Kier molecular flexibility index (Phi) is 2.79. The van der Waals surface area contributed by atoms with E-state index in [2.05, 4.69) is 27.4 Å². The molecule has 3 saturated heterocycles. The highest BCUT2D eigenvalue weighted by molar-refractivity contribution is 8.31. The first kappa shape index (κ1) is 14.3. The zero-order chi connectivity index (χ0) is 14.1. The molecular formula is C14H22O2S2. The topological polar surface area (TPSA) is 34.1 Å². The normalized spacial score (nSPS) is 40.7. The fraction of sp³-hybridized carbons (Fsp3) is 0.786. The van der Waals surface area contributed by atoms with Crippen LogP contribution in [0, 0.1) is 10.8 Å². The molecule has 0 amide bonds. The van der Waals surface area contributed by atoms with E-state index in [0.717, 1.165) is 5.57 Å². The number of thioether (sulfide) groups is 1. The summed E-state index contributed by atoms with van der Waals surface area (Å²) in [5, 5.41) is 0. The molecule has 3 atom stereocenters. The monoisotopic (exact) mass is 286 g/mol. The zero-order valence-electron chi connectivity index (χ0n) is 12.0. The van der Waals surface area contributed by atoms with E-state index in [9.17, 15) is 9.00 Å². The predicted octanol–water partition coefficient (Wildman–Crippen LogP) is 3.50. The van der Waals surface area contributed by atoms with Crippen LogP contribution in [0.15, 0.2) is 12.2 Å². The molecule has 2 bridgehead atoms. The minimum absolute atomic E-state index is 0.0921. The molecule has 0 N–H and O–H groups in total. The maximum atomic E-state index is 13.0. The molecule has 102 valence electrons. The van der Waals surface area contributed by atoms with Gasteiger partial charge in [0.05, 0.1) is 10.8 Å². The van der Waals surface area contributed by atoms with Gasteiger partial charge in [-0.2, -0.15) is 0 Å². The van der Waals surface area contributed by atoms with Crippen LogP contribution in [0.2, 0.25) is 0 Å². The van der Waals surface area contributed by atoms with Gasteiger partial charge in [-0.05, 0) is 16.4 Å². The molecule has 0 radical (unpaired) electrons. The minimum atomic E-state index is -1.19. The van der Waals surface area contributed by atoms with Gasteiger partial charge in [0.2, 0.25) is 0 Å². The van der Waals surface area contributed by atoms with Gasteiger partial charge in [-0.1, -0.05) is 48.1 Å². The third kappa shape index (κ3) is 1.31. The smallest absolute Gasteiger partial charge is 0.166 e. The largest absolute Gasteiger partial charge is 0.297 e. The second kappa shape index (κ2) is 3.51. The maximum Gasteiger partial charge on any atom is 0.166 e. The molecule has 3 fully saturated rings. The van der Waals surface area contributed by atoms with Crippen molar-refractivity contribution >= 4 is 28.3 Å². The Morgan fingerprint density at radius 3 is 1.89 bits per heavy atom. The number of Topliss-reactive ketones (excluding diaryl/α,β-unsaturated/α-hetero) is 1. The summed E-state index contributed by atoms with van der Waals surface area (Å²) >= 11 is 1.60. The summed E-state index contributed by atoms with van der Waals surface area (Å²) in [5.74, 6) is 0.0921. The Morgan fingerprint density at radius 1 is 1.11 bits per heavy atom. The first-order chi connectivity index (χ1) is 7.91. The summed E-state index contributed by atoms with van der Waals surface area (Å²) in [4.78, 5) is 12.4. The quantitative estimate of drug-likeness (QED) is 0.639. The lowest BCUT2D eigenvalue weighted by Crippen LogP contribution is -2.74. The molecule has 0 aliphatic carbocycles. The van der Waals surface area contributed by atoms with Gasteiger partial charge < -0.3 is 0 Å². The van der Waals surface area contributed by atoms with E-state index in [-0.39, 0.29) is 16.6 Å². The molecule has 0 spiro atoms. The molecule has 3 unspecified atom stereocenters. The standard InChI is InChI=1S/C14H22O2S2/c1-9-8-10(15)14(12(5,6)7)17-13(9,18(14)16)11(2,3)4/h1,8H2,2-7H3. The number of carbonyl (C=O) groups excluding carboxylic acids is 1. The van der Waals surface area contributed by atoms with E-state index in [0.29, 0.717) is 6.42 Å².